The predicted octanol–water partition coefficient (Wildman–Crippen LogP) is 5.86. The number of fused-ring (bicyclic) bond motifs is 1. The second-order valence-electron chi connectivity index (χ2n) is 9.57. The molecular weight excluding hydrogens is 411 g/mol. The molecule has 1 aromatic heterocycles. The molecule has 1 aromatic carbocycles. The number of hydrogen-bond donors (Lipinski definition) is 1. The summed E-state index contributed by atoms with van der Waals surface area (Å²) in [6, 6.07) is 6.18. The van der Waals surface area contributed by atoms with E-state index in [1.54, 1.807) is 0 Å². The summed E-state index contributed by atoms with van der Waals surface area (Å²) in [5.41, 5.74) is 1.45. The Morgan fingerprint density at radius 2 is 1.58 bits per heavy atom. The van der Waals surface area contributed by atoms with Crippen molar-refractivity contribution in [2.75, 3.05) is 0 Å². The Kier molecular flexibility index (Phi) is 9.05. The lowest BCUT2D eigenvalue weighted by Gasteiger charge is -2.42. The molecule has 1 aliphatic carbocycles. The average molecular weight is 456 g/mol. The summed E-state index contributed by atoms with van der Waals surface area (Å²) in [4.78, 5) is 0. The van der Waals surface area contributed by atoms with E-state index in [1.807, 2.05) is 30.7 Å². The summed E-state index contributed by atoms with van der Waals surface area (Å²) in [5, 5.41) is 16.6. The van der Waals surface area contributed by atoms with E-state index in [1.165, 1.54) is 19.3 Å². The Morgan fingerprint density at radius 3 is 2.12 bits per heavy atom. The number of aliphatic hydroxyl groups excluding tert-OH is 1. The normalized spacial score (nSPS) is 21.1. The summed E-state index contributed by atoms with van der Waals surface area (Å²) in [5.74, 6) is 0.395. The lowest BCUT2D eigenvalue weighted by atomic mass is 9.75. The molecule has 0 amide bonds. The summed E-state index contributed by atoms with van der Waals surface area (Å²) in [6.07, 6.45) is 11.5. The van der Waals surface area contributed by atoms with Gasteiger partial charge in [0.2, 0.25) is 0 Å². The van der Waals surface area contributed by atoms with Crippen LogP contribution in [0.3, 0.4) is 0 Å². The lowest BCUT2D eigenvalue weighted by Crippen LogP contribution is -2.50. The Morgan fingerprint density at radius 1 is 1.00 bits per heavy atom. The van der Waals surface area contributed by atoms with E-state index in [4.69, 9.17) is 14.4 Å². The van der Waals surface area contributed by atoms with Crippen molar-refractivity contribution in [3.63, 3.8) is 0 Å². The number of aliphatic hydroxyl groups is 1. The molecule has 1 unspecified atom stereocenters. The topological polar surface area (TPSA) is 56.5 Å². The first-order valence-corrected chi connectivity index (χ1v) is 13.5. The molecule has 4 rings (SSSR count). The maximum atomic E-state index is 10.8. The van der Waals surface area contributed by atoms with E-state index in [0.29, 0.717) is 12.5 Å². The molecule has 2 aliphatic rings. The van der Waals surface area contributed by atoms with Gasteiger partial charge in [-0.2, -0.15) is 5.10 Å². The van der Waals surface area contributed by atoms with Gasteiger partial charge in [0.25, 0.3) is 0 Å². The van der Waals surface area contributed by atoms with Gasteiger partial charge in [-0.3, -0.25) is 4.68 Å². The first-order chi connectivity index (χ1) is 16.0. The van der Waals surface area contributed by atoms with Gasteiger partial charge in [-0.25, -0.2) is 0 Å². The minimum atomic E-state index is -0.385. The van der Waals surface area contributed by atoms with Crippen LogP contribution in [0.2, 0.25) is 0 Å². The molecule has 5 nitrogen and oxygen atoms in total. The molecule has 1 N–H and O–H groups in total. The zero-order valence-electron chi connectivity index (χ0n) is 21.8. The fourth-order valence-electron chi connectivity index (χ4n) is 6.17. The monoisotopic (exact) mass is 456 g/mol. The molecule has 2 fully saturated rings. The molecule has 2 heterocycles. The van der Waals surface area contributed by atoms with Crippen LogP contribution >= 0.6 is 0 Å². The van der Waals surface area contributed by atoms with Crippen molar-refractivity contribution in [3.8, 4) is 0 Å². The van der Waals surface area contributed by atoms with Crippen LogP contribution in [0.15, 0.2) is 24.4 Å². The molecule has 6 heteroatoms. The maximum absolute atomic E-state index is 10.8. The number of benzene rings is 1. The highest BCUT2D eigenvalue weighted by atomic mass is 16.7. The van der Waals surface area contributed by atoms with Crippen LogP contribution in [0, 0.1) is 5.92 Å². The molecule has 0 spiro atoms. The highest BCUT2D eigenvalue weighted by Gasteiger charge is 2.58. The molecule has 33 heavy (non-hydrogen) atoms. The van der Waals surface area contributed by atoms with Gasteiger partial charge in [0.15, 0.2) is 0 Å². The number of aromatic nitrogens is 2. The summed E-state index contributed by atoms with van der Waals surface area (Å²) in [6.45, 7) is 13.4. The van der Waals surface area contributed by atoms with Crippen LogP contribution in [0.5, 0.6) is 0 Å². The molecule has 1 saturated carbocycles. The standard InChI is InChI=1S/C25H39BN2O3.C2H6/c1-5-24(6-2)25(7-3,8-4)31-26(30-24)21-15-12-16-22-20(21)17-28(27-22)18-23(29)19-13-10-9-11-14-19;1-2/h12,15-17,19,23,29H,5-11,13-14,18H2,1-4H3;1-2H3. The molecular formula is C27H45BN2O3. The molecule has 184 valence electrons. The highest BCUT2D eigenvalue weighted by molar-refractivity contribution is 6.65. The van der Waals surface area contributed by atoms with Crippen LogP contribution in [0.1, 0.15) is 99.3 Å². The van der Waals surface area contributed by atoms with Gasteiger partial charge in [-0.15, -0.1) is 0 Å². The third-order valence-electron chi connectivity index (χ3n) is 8.23. The first-order valence-electron chi connectivity index (χ1n) is 13.5. The second kappa shape index (κ2) is 11.4. The highest BCUT2D eigenvalue weighted by Crippen LogP contribution is 2.47. The Labute approximate surface area is 201 Å². The van der Waals surface area contributed by atoms with Gasteiger partial charge in [0, 0.05) is 11.6 Å². The summed E-state index contributed by atoms with van der Waals surface area (Å²) >= 11 is 0. The average Bonchev–Trinajstić information content (AvgIpc) is 3.44. The Hall–Kier alpha value is -1.37. The van der Waals surface area contributed by atoms with Crippen molar-refractivity contribution in [1.29, 1.82) is 0 Å². The zero-order valence-corrected chi connectivity index (χ0v) is 21.8. The molecule has 1 atom stereocenters. The Balaban J connectivity index is 0.00000149. The minimum Gasteiger partial charge on any atom is -0.399 e. The van der Waals surface area contributed by atoms with Crippen molar-refractivity contribution < 1.29 is 14.4 Å². The lowest BCUT2D eigenvalue weighted by molar-refractivity contribution is -0.0601. The molecule has 0 bridgehead atoms. The summed E-state index contributed by atoms with van der Waals surface area (Å²) < 4.78 is 15.4. The van der Waals surface area contributed by atoms with E-state index < -0.39 is 0 Å². The number of hydrogen-bond acceptors (Lipinski definition) is 4. The van der Waals surface area contributed by atoms with Crippen LogP contribution in [0.4, 0.5) is 0 Å². The fourth-order valence-corrected chi connectivity index (χ4v) is 6.17. The van der Waals surface area contributed by atoms with Crippen molar-refractivity contribution in [2.45, 2.75) is 123 Å². The molecule has 1 saturated heterocycles. The van der Waals surface area contributed by atoms with Crippen LogP contribution in [-0.4, -0.2) is 39.3 Å². The maximum Gasteiger partial charge on any atom is 0.495 e. The molecule has 1 aliphatic heterocycles. The number of rotatable bonds is 8. The van der Waals surface area contributed by atoms with E-state index >= 15 is 0 Å². The predicted molar refractivity (Wildman–Crippen MR) is 138 cm³/mol. The smallest absolute Gasteiger partial charge is 0.399 e. The SMILES string of the molecule is CC.CCC1(CC)OB(c2cccc3nn(CC(O)C4CCCCC4)cc23)OC1(CC)CC. The van der Waals surface area contributed by atoms with Crippen molar-refractivity contribution in [1.82, 2.24) is 9.78 Å². The fraction of sp³-hybridized carbons (Fsp3) is 0.741. The van der Waals surface area contributed by atoms with E-state index in [2.05, 4.69) is 40.0 Å². The van der Waals surface area contributed by atoms with Gasteiger partial charge in [-0.1, -0.05) is 72.9 Å². The number of nitrogens with zero attached hydrogens (tertiary/aromatic N) is 2. The first kappa shape index (κ1) is 26.2. The third-order valence-corrected chi connectivity index (χ3v) is 8.23. The van der Waals surface area contributed by atoms with E-state index in [-0.39, 0.29) is 24.4 Å². The van der Waals surface area contributed by atoms with Gasteiger partial charge >= 0.3 is 7.12 Å². The van der Waals surface area contributed by atoms with Crippen LogP contribution < -0.4 is 5.46 Å². The van der Waals surface area contributed by atoms with Gasteiger partial charge in [0.05, 0.1) is 29.4 Å². The zero-order chi connectivity index (χ0) is 24.1. The second-order valence-corrected chi connectivity index (χ2v) is 9.57. The molecule has 2 aromatic rings. The van der Waals surface area contributed by atoms with Gasteiger partial charge in [0.1, 0.15) is 0 Å². The van der Waals surface area contributed by atoms with Gasteiger partial charge < -0.3 is 14.4 Å². The molecule has 0 radical (unpaired) electrons. The third kappa shape index (κ3) is 4.90. The minimum absolute atomic E-state index is 0.267. The Bertz CT molecular complexity index is 849. The van der Waals surface area contributed by atoms with Crippen LogP contribution in [0.25, 0.3) is 10.9 Å². The van der Waals surface area contributed by atoms with Crippen molar-refractivity contribution >= 4 is 23.5 Å². The van der Waals surface area contributed by atoms with Gasteiger partial charge in [-0.05, 0) is 56.0 Å². The van der Waals surface area contributed by atoms with E-state index in [0.717, 1.165) is 54.9 Å². The van der Waals surface area contributed by atoms with Crippen molar-refractivity contribution in [3.05, 3.63) is 24.4 Å². The quantitative estimate of drug-likeness (QED) is 0.506. The van der Waals surface area contributed by atoms with E-state index in [9.17, 15) is 5.11 Å². The van der Waals surface area contributed by atoms with Crippen molar-refractivity contribution in [2.24, 2.45) is 5.92 Å². The largest absolute Gasteiger partial charge is 0.495 e. The summed E-state index contributed by atoms with van der Waals surface area (Å²) in [7, 11) is -0.385. The van der Waals surface area contributed by atoms with Crippen LogP contribution in [-0.2, 0) is 15.9 Å².